The first kappa shape index (κ1) is 20.6. The highest BCUT2D eigenvalue weighted by molar-refractivity contribution is 14.0. The zero-order chi connectivity index (χ0) is 15.8. The number of nitrogens with one attached hydrogen (secondary N) is 1. The molecule has 0 saturated heterocycles. The minimum Gasteiger partial charge on any atom is -0.493 e. The monoisotopic (exact) mass is 423 g/mol. The maximum Gasteiger partial charge on any atom is 0.203 e. The number of ether oxygens (including phenoxy) is 3. The van der Waals surface area contributed by atoms with Gasteiger partial charge < -0.3 is 24.4 Å². The number of methoxy groups -OCH3 is 3. The summed E-state index contributed by atoms with van der Waals surface area (Å²) >= 11 is 0. The van der Waals surface area contributed by atoms with Crippen molar-refractivity contribution in [3.05, 3.63) is 17.7 Å². The minimum absolute atomic E-state index is 0. The summed E-state index contributed by atoms with van der Waals surface area (Å²) < 4.78 is 16.0. The molecule has 22 heavy (non-hydrogen) atoms. The molecule has 0 amide bonds. The Hall–Kier alpha value is -1.38. The fourth-order valence-corrected chi connectivity index (χ4v) is 1.91. The Morgan fingerprint density at radius 1 is 1.09 bits per heavy atom. The van der Waals surface area contributed by atoms with Crippen LogP contribution in [0.1, 0.15) is 12.5 Å². The molecule has 7 heteroatoms. The number of halogens is 1. The van der Waals surface area contributed by atoms with Crippen molar-refractivity contribution in [3.8, 4) is 17.2 Å². The van der Waals surface area contributed by atoms with Gasteiger partial charge in [0.2, 0.25) is 5.75 Å². The lowest BCUT2D eigenvalue weighted by atomic mass is 10.2. The molecule has 0 aromatic heterocycles. The highest BCUT2D eigenvalue weighted by Crippen LogP contribution is 2.38. The van der Waals surface area contributed by atoms with E-state index in [1.165, 1.54) is 0 Å². The van der Waals surface area contributed by atoms with Gasteiger partial charge in [-0.2, -0.15) is 0 Å². The molecule has 0 aliphatic carbocycles. The molecule has 0 bridgehead atoms. The number of aliphatic imine (C=N–C) groups is 1. The van der Waals surface area contributed by atoms with Crippen LogP contribution < -0.4 is 19.5 Å². The Balaban J connectivity index is 0.00000441. The molecular formula is C15H26IN3O3. The molecule has 0 unspecified atom stereocenters. The van der Waals surface area contributed by atoms with E-state index in [-0.39, 0.29) is 24.0 Å². The minimum atomic E-state index is 0. The molecule has 0 aliphatic heterocycles. The van der Waals surface area contributed by atoms with Gasteiger partial charge in [0.1, 0.15) is 0 Å². The van der Waals surface area contributed by atoms with Crippen molar-refractivity contribution in [2.75, 3.05) is 42.0 Å². The Morgan fingerprint density at radius 2 is 1.64 bits per heavy atom. The molecule has 126 valence electrons. The number of nitrogens with zero attached hydrogens (tertiary/aromatic N) is 2. The predicted molar refractivity (Wildman–Crippen MR) is 100 cm³/mol. The molecule has 0 spiro atoms. The Morgan fingerprint density at radius 3 is 2.00 bits per heavy atom. The maximum absolute atomic E-state index is 5.34. The number of benzene rings is 1. The van der Waals surface area contributed by atoms with Crippen LogP contribution in [-0.4, -0.2) is 52.8 Å². The molecular weight excluding hydrogens is 397 g/mol. The summed E-state index contributed by atoms with van der Waals surface area (Å²) in [6, 6.07) is 3.81. The van der Waals surface area contributed by atoms with Crippen molar-refractivity contribution in [1.29, 1.82) is 0 Å². The Labute approximate surface area is 149 Å². The van der Waals surface area contributed by atoms with Gasteiger partial charge in [-0.25, -0.2) is 4.99 Å². The normalized spacial score (nSPS) is 10.5. The molecule has 1 aromatic rings. The third kappa shape index (κ3) is 5.43. The van der Waals surface area contributed by atoms with Crippen molar-refractivity contribution >= 4 is 29.9 Å². The van der Waals surface area contributed by atoms with E-state index in [0.29, 0.717) is 23.8 Å². The average molecular weight is 423 g/mol. The lowest BCUT2D eigenvalue weighted by molar-refractivity contribution is 0.324. The van der Waals surface area contributed by atoms with Crippen molar-refractivity contribution in [1.82, 2.24) is 10.2 Å². The number of rotatable bonds is 6. The van der Waals surface area contributed by atoms with Gasteiger partial charge in [0.15, 0.2) is 17.5 Å². The van der Waals surface area contributed by atoms with Gasteiger partial charge >= 0.3 is 0 Å². The fourth-order valence-electron chi connectivity index (χ4n) is 1.91. The van der Waals surface area contributed by atoms with Crippen LogP contribution in [0.5, 0.6) is 17.2 Å². The first-order chi connectivity index (χ1) is 10.1. The van der Waals surface area contributed by atoms with Crippen LogP contribution in [0.3, 0.4) is 0 Å². The van der Waals surface area contributed by atoms with Crippen LogP contribution >= 0.6 is 24.0 Å². The van der Waals surface area contributed by atoms with Crippen molar-refractivity contribution in [3.63, 3.8) is 0 Å². The van der Waals surface area contributed by atoms with Gasteiger partial charge in [-0.05, 0) is 24.6 Å². The Kier molecular flexibility index (Phi) is 9.71. The topological polar surface area (TPSA) is 55.3 Å². The lowest BCUT2D eigenvalue weighted by Crippen LogP contribution is -2.36. The van der Waals surface area contributed by atoms with E-state index in [0.717, 1.165) is 18.1 Å². The zero-order valence-electron chi connectivity index (χ0n) is 14.1. The molecule has 1 aromatic carbocycles. The smallest absolute Gasteiger partial charge is 0.203 e. The van der Waals surface area contributed by atoms with Gasteiger partial charge in [0, 0.05) is 20.6 Å². The second kappa shape index (κ2) is 10.4. The highest BCUT2D eigenvalue weighted by Gasteiger charge is 2.13. The summed E-state index contributed by atoms with van der Waals surface area (Å²) in [5.74, 6) is 2.70. The van der Waals surface area contributed by atoms with E-state index in [4.69, 9.17) is 14.2 Å². The molecule has 6 nitrogen and oxygen atoms in total. The van der Waals surface area contributed by atoms with Gasteiger partial charge in [-0.3, -0.25) is 0 Å². The average Bonchev–Trinajstić information content (AvgIpc) is 2.49. The second-order valence-electron chi connectivity index (χ2n) is 4.60. The van der Waals surface area contributed by atoms with Crippen molar-refractivity contribution in [2.24, 2.45) is 4.99 Å². The summed E-state index contributed by atoms with van der Waals surface area (Å²) in [5, 5.41) is 3.22. The molecule has 0 saturated carbocycles. The summed E-state index contributed by atoms with van der Waals surface area (Å²) in [6.07, 6.45) is 0. The SMILES string of the molecule is CCNC(=NCc1cc(OC)c(OC)c(OC)c1)N(C)C.I. The van der Waals surface area contributed by atoms with E-state index < -0.39 is 0 Å². The zero-order valence-corrected chi connectivity index (χ0v) is 16.4. The van der Waals surface area contributed by atoms with Crippen molar-refractivity contribution in [2.45, 2.75) is 13.5 Å². The molecule has 0 fully saturated rings. The second-order valence-corrected chi connectivity index (χ2v) is 4.60. The summed E-state index contributed by atoms with van der Waals surface area (Å²) in [7, 11) is 8.71. The van der Waals surface area contributed by atoms with Crippen LogP contribution in [0.4, 0.5) is 0 Å². The standard InChI is InChI=1S/C15H25N3O3.HI/c1-7-16-15(18(2)3)17-10-11-8-12(19-4)14(21-6)13(9-11)20-5;/h8-9H,7,10H2,1-6H3,(H,16,17);1H. The molecule has 0 heterocycles. The van der Waals surface area contributed by atoms with E-state index in [9.17, 15) is 0 Å². The molecule has 0 aliphatic rings. The van der Waals surface area contributed by atoms with Crippen LogP contribution in [0.2, 0.25) is 0 Å². The maximum atomic E-state index is 5.34. The van der Waals surface area contributed by atoms with Gasteiger partial charge in [0.25, 0.3) is 0 Å². The summed E-state index contributed by atoms with van der Waals surface area (Å²) in [6.45, 7) is 3.39. The Bertz CT molecular complexity index is 468. The van der Waals surface area contributed by atoms with Gasteiger partial charge in [-0.1, -0.05) is 0 Å². The number of guanidine groups is 1. The van der Waals surface area contributed by atoms with Gasteiger partial charge in [-0.15, -0.1) is 24.0 Å². The first-order valence-corrected chi connectivity index (χ1v) is 6.81. The first-order valence-electron chi connectivity index (χ1n) is 6.81. The van der Waals surface area contributed by atoms with Crippen LogP contribution in [0.15, 0.2) is 17.1 Å². The van der Waals surface area contributed by atoms with Crippen molar-refractivity contribution < 1.29 is 14.2 Å². The summed E-state index contributed by atoms with van der Waals surface area (Å²) in [5.41, 5.74) is 0.988. The van der Waals surface area contributed by atoms with E-state index in [1.54, 1.807) is 21.3 Å². The van der Waals surface area contributed by atoms with Gasteiger partial charge in [0.05, 0.1) is 27.9 Å². The lowest BCUT2D eigenvalue weighted by Gasteiger charge is -2.17. The quantitative estimate of drug-likeness (QED) is 0.433. The fraction of sp³-hybridized carbons (Fsp3) is 0.533. The predicted octanol–water partition coefficient (Wildman–Crippen LogP) is 2.36. The number of hydrogen-bond acceptors (Lipinski definition) is 4. The number of hydrogen-bond donors (Lipinski definition) is 1. The summed E-state index contributed by atoms with van der Waals surface area (Å²) in [4.78, 5) is 6.51. The van der Waals surface area contributed by atoms with Crippen LogP contribution in [-0.2, 0) is 6.54 Å². The largest absolute Gasteiger partial charge is 0.493 e. The van der Waals surface area contributed by atoms with Crippen LogP contribution in [0, 0.1) is 0 Å². The molecule has 0 atom stereocenters. The highest BCUT2D eigenvalue weighted by atomic mass is 127. The molecule has 0 radical (unpaired) electrons. The van der Waals surface area contributed by atoms with E-state index >= 15 is 0 Å². The van der Waals surface area contributed by atoms with Crippen LogP contribution in [0.25, 0.3) is 0 Å². The third-order valence-electron chi connectivity index (χ3n) is 2.89. The molecule has 1 rings (SSSR count). The third-order valence-corrected chi connectivity index (χ3v) is 2.89. The van der Waals surface area contributed by atoms with E-state index in [1.807, 2.05) is 38.1 Å². The molecule has 1 N–H and O–H groups in total. The van der Waals surface area contributed by atoms with E-state index in [2.05, 4.69) is 10.3 Å².